The van der Waals surface area contributed by atoms with Crippen molar-refractivity contribution in [1.29, 1.82) is 0 Å². The Labute approximate surface area is 177 Å². The average molecular weight is 411 g/mol. The van der Waals surface area contributed by atoms with Crippen molar-refractivity contribution in [1.82, 2.24) is 4.90 Å². The number of nitrogens with zero attached hydrogens (tertiary/aromatic N) is 2. The van der Waals surface area contributed by atoms with Crippen molar-refractivity contribution in [3.63, 3.8) is 0 Å². The van der Waals surface area contributed by atoms with Crippen LogP contribution in [0.5, 0.6) is 5.75 Å². The molecule has 1 aromatic rings. The Balaban J connectivity index is 1.94. The Hall–Kier alpha value is -2.99. The summed E-state index contributed by atoms with van der Waals surface area (Å²) in [6.45, 7) is 11.3. The number of hydrogen-bond donors (Lipinski definition) is 3. The second kappa shape index (κ2) is 8.79. The highest BCUT2D eigenvalue weighted by atomic mass is 16.3. The van der Waals surface area contributed by atoms with Crippen molar-refractivity contribution in [2.75, 3.05) is 31.1 Å². The third kappa shape index (κ3) is 3.63. The molecular formula is C24H30N2O4. The van der Waals surface area contributed by atoms with Gasteiger partial charge in [0, 0.05) is 18.7 Å². The summed E-state index contributed by atoms with van der Waals surface area (Å²) >= 11 is 0. The van der Waals surface area contributed by atoms with Crippen molar-refractivity contribution < 1.29 is 20.1 Å². The van der Waals surface area contributed by atoms with E-state index in [-0.39, 0.29) is 40.2 Å². The van der Waals surface area contributed by atoms with Crippen LogP contribution in [0.3, 0.4) is 0 Å². The van der Waals surface area contributed by atoms with Crippen LogP contribution in [0.4, 0.5) is 5.69 Å². The average Bonchev–Trinajstić information content (AvgIpc) is 2.73. The van der Waals surface area contributed by atoms with E-state index in [1.165, 1.54) is 6.07 Å². The van der Waals surface area contributed by atoms with Gasteiger partial charge < -0.3 is 20.2 Å². The summed E-state index contributed by atoms with van der Waals surface area (Å²) in [6, 6.07) is 4.93. The first-order chi connectivity index (χ1) is 14.4. The number of rotatable bonds is 7. The van der Waals surface area contributed by atoms with Gasteiger partial charge in [0.1, 0.15) is 17.3 Å². The van der Waals surface area contributed by atoms with E-state index in [9.17, 15) is 20.1 Å². The maximum atomic E-state index is 12.8. The third-order valence-corrected chi connectivity index (χ3v) is 5.86. The predicted octanol–water partition coefficient (Wildman–Crippen LogP) is 4.11. The van der Waals surface area contributed by atoms with Crippen LogP contribution in [0.15, 0.2) is 59.1 Å². The number of hydrogen-bond acceptors (Lipinski definition) is 6. The van der Waals surface area contributed by atoms with Crippen LogP contribution >= 0.6 is 0 Å². The molecule has 3 N–H and O–H groups in total. The first kappa shape index (κ1) is 21.7. The van der Waals surface area contributed by atoms with E-state index in [2.05, 4.69) is 4.90 Å². The number of phenolic OH excluding ortho intramolecular Hbond substituents is 1. The van der Waals surface area contributed by atoms with Crippen molar-refractivity contribution in [3.05, 3.63) is 64.7 Å². The molecule has 6 heteroatoms. The van der Waals surface area contributed by atoms with E-state index >= 15 is 0 Å². The molecule has 3 rings (SSSR count). The van der Waals surface area contributed by atoms with Gasteiger partial charge in [0.25, 0.3) is 0 Å². The molecule has 160 valence electrons. The number of Topliss-reactive ketones (excluding diaryl/α,β-unsaturated/α-hetero) is 1. The van der Waals surface area contributed by atoms with Crippen LogP contribution in [-0.4, -0.2) is 58.2 Å². The zero-order valence-corrected chi connectivity index (χ0v) is 18.0. The first-order valence-corrected chi connectivity index (χ1v) is 10.5. The van der Waals surface area contributed by atoms with Crippen molar-refractivity contribution >= 4 is 17.0 Å². The summed E-state index contributed by atoms with van der Waals surface area (Å²) in [5, 5.41) is 31.5. The molecule has 0 radical (unpaired) electrons. The standard InChI is InChI=1S/C24H30N2O4/c1-5-25(6-2)16-10-11-17(19(27)14-16)22-23(29)21(24(22)30)15-9-12-18(20(28)13-15)26(7-3)8-4/h9-14,16,27-29H,5-8H2,1-4H3/b22-17-. The lowest BCUT2D eigenvalue weighted by molar-refractivity contribution is -0.111. The van der Waals surface area contributed by atoms with Gasteiger partial charge in [0.15, 0.2) is 0 Å². The SMILES string of the molecule is CCN(CC)c1ccc(C2=C(O)/C(=C3\C=CC(N(CC)CC)C=C3O)C2=O)cc1O. The molecule has 0 bridgehead atoms. The predicted molar refractivity (Wildman–Crippen MR) is 120 cm³/mol. The van der Waals surface area contributed by atoms with E-state index in [1.807, 2.05) is 38.7 Å². The summed E-state index contributed by atoms with van der Waals surface area (Å²) in [4.78, 5) is 17.0. The van der Waals surface area contributed by atoms with E-state index in [0.29, 0.717) is 16.8 Å². The van der Waals surface area contributed by atoms with Crippen LogP contribution in [-0.2, 0) is 4.79 Å². The quantitative estimate of drug-likeness (QED) is 0.587. The Morgan fingerprint density at radius 2 is 1.60 bits per heavy atom. The zero-order valence-electron chi connectivity index (χ0n) is 18.0. The van der Waals surface area contributed by atoms with Gasteiger partial charge >= 0.3 is 0 Å². The number of aliphatic hydroxyl groups excluding tert-OH is 2. The third-order valence-electron chi connectivity index (χ3n) is 5.86. The molecule has 0 aromatic heterocycles. The maximum Gasteiger partial charge on any atom is 0.201 e. The highest BCUT2D eigenvalue weighted by Gasteiger charge is 2.38. The minimum atomic E-state index is -0.344. The lowest BCUT2D eigenvalue weighted by Gasteiger charge is -2.29. The molecule has 30 heavy (non-hydrogen) atoms. The lowest BCUT2D eigenvalue weighted by atomic mass is 9.79. The Morgan fingerprint density at radius 3 is 2.10 bits per heavy atom. The fourth-order valence-electron chi connectivity index (χ4n) is 4.10. The fraction of sp³-hybridized carbons (Fsp3) is 0.375. The topological polar surface area (TPSA) is 84.2 Å². The molecule has 1 atom stereocenters. The minimum Gasteiger partial charge on any atom is -0.508 e. The summed E-state index contributed by atoms with van der Waals surface area (Å²) < 4.78 is 0. The van der Waals surface area contributed by atoms with E-state index in [0.717, 1.165) is 26.2 Å². The van der Waals surface area contributed by atoms with Crippen molar-refractivity contribution in [3.8, 4) is 5.75 Å². The number of anilines is 1. The van der Waals surface area contributed by atoms with Crippen LogP contribution in [0.2, 0.25) is 0 Å². The highest BCUT2D eigenvalue weighted by molar-refractivity contribution is 6.39. The Morgan fingerprint density at radius 1 is 0.933 bits per heavy atom. The minimum absolute atomic E-state index is 0.0110. The normalized spacial score (nSPS) is 21.2. The Kier molecular flexibility index (Phi) is 6.37. The van der Waals surface area contributed by atoms with Gasteiger partial charge in [-0.2, -0.15) is 0 Å². The van der Waals surface area contributed by atoms with Gasteiger partial charge in [-0.05, 0) is 50.7 Å². The summed E-state index contributed by atoms with van der Waals surface area (Å²) in [6.07, 6.45) is 5.30. The number of aromatic hydroxyl groups is 1. The number of likely N-dealkylation sites (N-methyl/N-ethyl adjacent to an activating group) is 1. The number of carbonyl (C=O) groups is 1. The van der Waals surface area contributed by atoms with Gasteiger partial charge in [-0.1, -0.05) is 32.1 Å². The van der Waals surface area contributed by atoms with Crippen LogP contribution in [0.25, 0.3) is 5.57 Å². The van der Waals surface area contributed by atoms with Gasteiger partial charge in [0.05, 0.1) is 22.9 Å². The molecule has 6 nitrogen and oxygen atoms in total. The molecule has 0 aliphatic heterocycles. The maximum absolute atomic E-state index is 12.8. The van der Waals surface area contributed by atoms with Gasteiger partial charge in [-0.25, -0.2) is 0 Å². The van der Waals surface area contributed by atoms with Crippen molar-refractivity contribution in [2.24, 2.45) is 0 Å². The molecule has 0 saturated heterocycles. The van der Waals surface area contributed by atoms with Gasteiger partial charge in [0.2, 0.25) is 5.78 Å². The number of carbonyl (C=O) groups excluding carboxylic acids is 1. The molecule has 1 unspecified atom stereocenters. The smallest absolute Gasteiger partial charge is 0.201 e. The highest BCUT2D eigenvalue weighted by Crippen LogP contribution is 2.42. The molecule has 0 amide bonds. The second-order valence-electron chi connectivity index (χ2n) is 7.34. The summed E-state index contributed by atoms with van der Waals surface area (Å²) in [5.74, 6) is -0.449. The van der Waals surface area contributed by atoms with E-state index < -0.39 is 0 Å². The van der Waals surface area contributed by atoms with Crippen LogP contribution in [0, 0.1) is 0 Å². The number of benzene rings is 1. The van der Waals surface area contributed by atoms with Crippen molar-refractivity contribution in [2.45, 2.75) is 33.7 Å². The molecule has 0 spiro atoms. The summed E-state index contributed by atoms with van der Waals surface area (Å²) in [7, 11) is 0. The zero-order chi connectivity index (χ0) is 22.0. The number of phenols is 1. The summed E-state index contributed by atoms with van der Waals surface area (Å²) in [5.41, 5.74) is 1.74. The molecule has 0 fully saturated rings. The molecule has 1 aromatic carbocycles. The van der Waals surface area contributed by atoms with Gasteiger partial charge in [-0.15, -0.1) is 0 Å². The monoisotopic (exact) mass is 410 g/mol. The van der Waals surface area contributed by atoms with Crippen LogP contribution < -0.4 is 4.90 Å². The number of aliphatic hydroxyl groups is 2. The lowest BCUT2D eigenvalue weighted by Crippen LogP contribution is -2.34. The fourth-order valence-corrected chi connectivity index (χ4v) is 4.10. The first-order valence-electron chi connectivity index (χ1n) is 10.5. The largest absolute Gasteiger partial charge is 0.508 e. The second-order valence-corrected chi connectivity index (χ2v) is 7.34. The Bertz CT molecular complexity index is 963. The van der Waals surface area contributed by atoms with Gasteiger partial charge in [-0.3, -0.25) is 9.69 Å². The number of ketones is 1. The molecule has 0 heterocycles. The molecule has 2 aliphatic carbocycles. The van der Waals surface area contributed by atoms with E-state index in [1.54, 1.807) is 24.3 Å². The van der Waals surface area contributed by atoms with Crippen LogP contribution in [0.1, 0.15) is 33.3 Å². The molecular weight excluding hydrogens is 380 g/mol. The molecule has 0 saturated carbocycles. The molecule has 2 aliphatic rings. The number of allylic oxidation sites excluding steroid dienone is 3. The van der Waals surface area contributed by atoms with E-state index in [4.69, 9.17) is 0 Å².